The van der Waals surface area contributed by atoms with Gasteiger partial charge < -0.3 is 19.3 Å². The molecule has 9 heteroatoms. The number of carbonyl (C=O) groups is 2. The summed E-state index contributed by atoms with van der Waals surface area (Å²) in [5.41, 5.74) is 4.49. The van der Waals surface area contributed by atoms with Gasteiger partial charge in [-0.15, -0.1) is 0 Å². The number of halogens is 2. The number of aliphatic carboxylic acids is 1. The molecule has 2 aliphatic rings. The van der Waals surface area contributed by atoms with E-state index in [0.717, 1.165) is 53.3 Å². The topological polar surface area (TPSA) is 84.7 Å². The molecule has 2 heterocycles. The number of methoxy groups -OCH3 is 1. The normalized spacial score (nSPS) is 20.6. The van der Waals surface area contributed by atoms with Crippen LogP contribution in [0.4, 0.5) is 13.6 Å². The molecule has 3 aromatic rings. The second-order valence-corrected chi connectivity index (χ2v) is 10.6. The van der Waals surface area contributed by atoms with Gasteiger partial charge in [0.25, 0.3) is 0 Å². The second kappa shape index (κ2) is 10.7. The molecule has 1 amide bonds. The number of imidazole rings is 1. The van der Waals surface area contributed by atoms with E-state index in [0.29, 0.717) is 44.5 Å². The van der Waals surface area contributed by atoms with Gasteiger partial charge in [0.2, 0.25) is 0 Å². The molecule has 1 fully saturated rings. The summed E-state index contributed by atoms with van der Waals surface area (Å²) in [6, 6.07) is 8.10. The van der Waals surface area contributed by atoms with Crippen LogP contribution in [0.3, 0.4) is 0 Å². The number of fused-ring (bicyclic) bond motifs is 3. The van der Waals surface area contributed by atoms with Gasteiger partial charge in [-0.1, -0.05) is 31.9 Å². The van der Waals surface area contributed by atoms with Crippen LogP contribution in [-0.4, -0.2) is 45.3 Å². The Hall–Kier alpha value is -3.49. The third-order valence-corrected chi connectivity index (χ3v) is 8.19. The highest BCUT2D eigenvalue weighted by molar-refractivity contribution is 5.82. The standard InChI is InChI=1S/C29H33F2N3O4/c1-17(19-7-9-23(30)24(31)14-19)15-34-25-10-8-18-11-12-33(29(37)38-2)16-22(18)26(25)32-27(34)20-5-3-4-6-21(13-20)28(35)36/h7-10,14,17,20-21H,3-6,11-13,15-16H2,1-2H3,(H,35,36)/t17-,20-,21-/m1/s1. The Balaban J connectivity index is 1.60. The number of carbonyl (C=O) groups excluding carboxylic acids is 1. The number of aromatic nitrogens is 2. The molecule has 1 N–H and O–H groups in total. The number of carboxylic acid groups (broad SMARTS) is 1. The Morgan fingerprint density at radius 2 is 1.95 bits per heavy atom. The molecule has 0 spiro atoms. The number of nitrogens with zero attached hydrogens (tertiary/aromatic N) is 3. The van der Waals surface area contributed by atoms with E-state index in [9.17, 15) is 23.5 Å². The lowest BCUT2D eigenvalue weighted by Crippen LogP contribution is -2.35. The molecule has 38 heavy (non-hydrogen) atoms. The quantitative estimate of drug-likeness (QED) is 0.414. The number of carboxylic acids is 1. The van der Waals surface area contributed by atoms with Crippen LogP contribution < -0.4 is 0 Å². The van der Waals surface area contributed by atoms with E-state index in [4.69, 9.17) is 9.72 Å². The Kier molecular flexibility index (Phi) is 7.36. The fourth-order valence-electron chi connectivity index (χ4n) is 6.05. The predicted octanol–water partition coefficient (Wildman–Crippen LogP) is 5.99. The summed E-state index contributed by atoms with van der Waals surface area (Å²) in [7, 11) is 1.37. The van der Waals surface area contributed by atoms with Crippen LogP contribution in [0, 0.1) is 17.6 Å². The fraction of sp³-hybridized carbons (Fsp3) is 0.483. The largest absolute Gasteiger partial charge is 0.481 e. The van der Waals surface area contributed by atoms with Crippen molar-refractivity contribution in [2.45, 2.75) is 70.4 Å². The summed E-state index contributed by atoms with van der Waals surface area (Å²) < 4.78 is 34.7. The average molecular weight is 526 g/mol. The molecular formula is C29H33F2N3O4. The van der Waals surface area contributed by atoms with Gasteiger partial charge in [-0.3, -0.25) is 4.79 Å². The molecule has 7 nitrogen and oxygen atoms in total. The first-order chi connectivity index (χ1) is 18.3. The molecule has 3 atom stereocenters. The van der Waals surface area contributed by atoms with Crippen molar-refractivity contribution in [3.05, 3.63) is 64.5 Å². The van der Waals surface area contributed by atoms with Gasteiger partial charge >= 0.3 is 12.1 Å². The maximum absolute atomic E-state index is 14.0. The van der Waals surface area contributed by atoms with Crippen LogP contribution in [-0.2, 0) is 29.0 Å². The number of amides is 1. The Labute approximate surface area is 220 Å². The van der Waals surface area contributed by atoms with E-state index < -0.39 is 23.5 Å². The zero-order chi connectivity index (χ0) is 27.0. The van der Waals surface area contributed by atoms with Gasteiger partial charge in [-0.05, 0) is 60.9 Å². The van der Waals surface area contributed by atoms with Gasteiger partial charge in [0.1, 0.15) is 5.82 Å². The van der Waals surface area contributed by atoms with Crippen LogP contribution in [0.1, 0.15) is 73.4 Å². The molecule has 2 aromatic carbocycles. The molecule has 1 saturated carbocycles. The molecule has 1 aliphatic heterocycles. The van der Waals surface area contributed by atoms with Crippen molar-refractivity contribution in [1.82, 2.24) is 14.5 Å². The van der Waals surface area contributed by atoms with Crippen molar-refractivity contribution in [3.63, 3.8) is 0 Å². The molecule has 0 unspecified atom stereocenters. The van der Waals surface area contributed by atoms with Gasteiger partial charge in [0, 0.05) is 24.6 Å². The van der Waals surface area contributed by atoms with Crippen molar-refractivity contribution in [3.8, 4) is 0 Å². The van der Waals surface area contributed by atoms with Crippen molar-refractivity contribution < 1.29 is 28.2 Å². The lowest BCUT2D eigenvalue weighted by atomic mass is 9.92. The van der Waals surface area contributed by atoms with E-state index >= 15 is 0 Å². The van der Waals surface area contributed by atoms with E-state index in [2.05, 4.69) is 10.6 Å². The molecule has 1 aromatic heterocycles. The predicted molar refractivity (Wildman–Crippen MR) is 138 cm³/mol. The summed E-state index contributed by atoms with van der Waals surface area (Å²) >= 11 is 0. The minimum absolute atomic E-state index is 0.0425. The van der Waals surface area contributed by atoms with Gasteiger partial charge in [0.15, 0.2) is 11.6 Å². The van der Waals surface area contributed by atoms with Crippen LogP contribution in [0.2, 0.25) is 0 Å². The maximum atomic E-state index is 14.0. The first-order valence-corrected chi connectivity index (χ1v) is 13.3. The van der Waals surface area contributed by atoms with Gasteiger partial charge in [-0.25, -0.2) is 18.6 Å². The number of hydrogen-bond acceptors (Lipinski definition) is 4. The lowest BCUT2D eigenvalue weighted by molar-refractivity contribution is -0.142. The van der Waals surface area contributed by atoms with Crippen molar-refractivity contribution in [2.24, 2.45) is 5.92 Å². The summed E-state index contributed by atoms with van der Waals surface area (Å²) in [6.07, 6.45) is 4.09. The molecule has 202 valence electrons. The van der Waals surface area contributed by atoms with E-state index in [-0.39, 0.29) is 17.9 Å². The molecule has 1 aliphatic carbocycles. The van der Waals surface area contributed by atoms with E-state index in [1.165, 1.54) is 13.2 Å². The summed E-state index contributed by atoms with van der Waals surface area (Å²) in [4.78, 5) is 31.0. The van der Waals surface area contributed by atoms with Crippen molar-refractivity contribution in [1.29, 1.82) is 0 Å². The van der Waals surface area contributed by atoms with Crippen molar-refractivity contribution in [2.75, 3.05) is 13.7 Å². The molecule has 5 rings (SSSR count). The number of rotatable bonds is 5. The SMILES string of the molecule is COC(=O)N1CCc2ccc3c(nc([C@@H]4CCCC[C@@H](C(=O)O)C4)n3C[C@@H](C)c3ccc(F)c(F)c3)c2C1. The van der Waals surface area contributed by atoms with Crippen LogP contribution >= 0.6 is 0 Å². The minimum atomic E-state index is -0.880. The summed E-state index contributed by atoms with van der Waals surface area (Å²) in [6.45, 7) is 3.39. The maximum Gasteiger partial charge on any atom is 0.409 e. The number of ether oxygens (including phenoxy) is 1. The molecule has 0 radical (unpaired) electrons. The number of hydrogen-bond donors (Lipinski definition) is 1. The van der Waals surface area contributed by atoms with Crippen molar-refractivity contribution >= 4 is 23.1 Å². The fourth-order valence-corrected chi connectivity index (χ4v) is 6.05. The average Bonchev–Trinajstić information content (AvgIpc) is 3.09. The molecular weight excluding hydrogens is 492 g/mol. The zero-order valence-corrected chi connectivity index (χ0v) is 21.8. The minimum Gasteiger partial charge on any atom is -0.481 e. The third-order valence-electron chi connectivity index (χ3n) is 8.19. The van der Waals surface area contributed by atoms with Crippen LogP contribution in [0.15, 0.2) is 30.3 Å². The Morgan fingerprint density at radius 1 is 1.16 bits per heavy atom. The van der Waals surface area contributed by atoms with Crippen LogP contribution in [0.5, 0.6) is 0 Å². The van der Waals surface area contributed by atoms with Crippen LogP contribution in [0.25, 0.3) is 11.0 Å². The Bertz CT molecular complexity index is 1370. The highest BCUT2D eigenvalue weighted by atomic mass is 19.2. The highest BCUT2D eigenvalue weighted by Gasteiger charge is 2.32. The zero-order valence-electron chi connectivity index (χ0n) is 21.8. The third kappa shape index (κ3) is 4.98. The second-order valence-electron chi connectivity index (χ2n) is 10.6. The number of benzene rings is 2. The van der Waals surface area contributed by atoms with Gasteiger partial charge in [0.05, 0.1) is 30.6 Å². The summed E-state index contributed by atoms with van der Waals surface area (Å²) in [5.74, 6) is -2.33. The van der Waals surface area contributed by atoms with E-state index in [1.807, 2.05) is 13.0 Å². The Morgan fingerprint density at radius 3 is 2.68 bits per heavy atom. The summed E-state index contributed by atoms with van der Waals surface area (Å²) in [5, 5.41) is 9.80. The highest BCUT2D eigenvalue weighted by Crippen LogP contribution is 2.38. The smallest absolute Gasteiger partial charge is 0.409 e. The lowest BCUT2D eigenvalue weighted by Gasteiger charge is -2.27. The monoisotopic (exact) mass is 525 g/mol. The molecule has 0 bridgehead atoms. The first kappa shape index (κ1) is 26.1. The first-order valence-electron chi connectivity index (χ1n) is 13.3. The van der Waals surface area contributed by atoms with E-state index in [1.54, 1.807) is 11.0 Å². The van der Waals surface area contributed by atoms with Gasteiger partial charge in [-0.2, -0.15) is 0 Å². The molecule has 0 saturated heterocycles.